The molecule has 0 radical (unpaired) electrons. The summed E-state index contributed by atoms with van der Waals surface area (Å²) < 4.78 is 6.59. The third-order valence-corrected chi connectivity index (χ3v) is 4.61. The highest BCUT2D eigenvalue weighted by molar-refractivity contribution is 6.33. The first kappa shape index (κ1) is 17.9. The summed E-state index contributed by atoms with van der Waals surface area (Å²) in [6.07, 6.45) is 1.58. The van der Waals surface area contributed by atoms with Crippen LogP contribution in [-0.2, 0) is 7.05 Å². The van der Waals surface area contributed by atoms with Gasteiger partial charge in [-0.25, -0.2) is 9.97 Å². The Morgan fingerprint density at radius 2 is 1.82 bits per heavy atom. The van der Waals surface area contributed by atoms with Crippen LogP contribution >= 0.6 is 11.6 Å². The van der Waals surface area contributed by atoms with E-state index in [0.29, 0.717) is 27.7 Å². The molecule has 1 N–H and O–H groups in total. The average molecular weight is 394 g/mol. The van der Waals surface area contributed by atoms with E-state index < -0.39 is 0 Å². The lowest BCUT2D eigenvalue weighted by molar-refractivity contribution is 0.415. The standard InChI is InChI=1S/C20H16ClN5O2/c1-26-18-16(24-17(19(26)27)14-5-3-4-6-15(14)21)11-22-20(25-18)23-12-7-9-13(28-2)10-8-12/h3-11H,1-2H3,(H,22,23,25). The molecule has 0 amide bonds. The van der Waals surface area contributed by atoms with E-state index in [1.165, 1.54) is 4.57 Å². The third-order valence-electron chi connectivity index (χ3n) is 4.28. The lowest BCUT2D eigenvalue weighted by Gasteiger charge is -2.10. The first-order valence-electron chi connectivity index (χ1n) is 8.46. The van der Waals surface area contributed by atoms with Crippen LogP contribution in [0.2, 0.25) is 5.02 Å². The SMILES string of the molecule is COc1ccc(Nc2ncc3nc(-c4ccccc4Cl)c(=O)n(C)c3n2)cc1. The number of benzene rings is 2. The zero-order valence-corrected chi connectivity index (χ0v) is 15.9. The first-order chi connectivity index (χ1) is 13.6. The van der Waals surface area contributed by atoms with Crippen molar-refractivity contribution in [3.63, 3.8) is 0 Å². The van der Waals surface area contributed by atoms with Crippen LogP contribution in [0.3, 0.4) is 0 Å². The summed E-state index contributed by atoms with van der Waals surface area (Å²) in [5.74, 6) is 1.11. The Bertz CT molecular complexity index is 1220. The van der Waals surface area contributed by atoms with Crippen molar-refractivity contribution in [3.8, 4) is 17.0 Å². The monoisotopic (exact) mass is 393 g/mol. The predicted molar refractivity (Wildman–Crippen MR) is 109 cm³/mol. The Morgan fingerprint density at radius 3 is 2.54 bits per heavy atom. The minimum atomic E-state index is -0.283. The number of halogens is 1. The van der Waals surface area contributed by atoms with Gasteiger partial charge in [0.25, 0.3) is 5.56 Å². The van der Waals surface area contributed by atoms with Crippen LogP contribution in [0, 0.1) is 0 Å². The highest BCUT2D eigenvalue weighted by Gasteiger charge is 2.15. The van der Waals surface area contributed by atoms with Gasteiger partial charge >= 0.3 is 0 Å². The van der Waals surface area contributed by atoms with Gasteiger partial charge in [-0.15, -0.1) is 0 Å². The summed E-state index contributed by atoms with van der Waals surface area (Å²) in [5, 5.41) is 3.57. The normalized spacial score (nSPS) is 10.8. The zero-order chi connectivity index (χ0) is 19.7. The van der Waals surface area contributed by atoms with Gasteiger partial charge in [-0.1, -0.05) is 29.8 Å². The van der Waals surface area contributed by atoms with Crippen molar-refractivity contribution in [3.05, 3.63) is 70.1 Å². The fourth-order valence-corrected chi connectivity index (χ4v) is 3.03. The number of aryl methyl sites for hydroxylation is 1. The van der Waals surface area contributed by atoms with E-state index in [4.69, 9.17) is 16.3 Å². The van der Waals surface area contributed by atoms with Crippen LogP contribution < -0.4 is 15.6 Å². The van der Waals surface area contributed by atoms with Crippen molar-refractivity contribution in [2.75, 3.05) is 12.4 Å². The fraction of sp³-hybridized carbons (Fsp3) is 0.100. The summed E-state index contributed by atoms with van der Waals surface area (Å²) in [4.78, 5) is 26.0. The van der Waals surface area contributed by atoms with Gasteiger partial charge in [0, 0.05) is 18.3 Å². The number of nitrogens with zero attached hydrogens (tertiary/aromatic N) is 4. The number of nitrogens with one attached hydrogen (secondary N) is 1. The topological polar surface area (TPSA) is 81.9 Å². The van der Waals surface area contributed by atoms with Crippen LogP contribution in [0.1, 0.15) is 0 Å². The molecule has 0 unspecified atom stereocenters. The van der Waals surface area contributed by atoms with Crippen LogP contribution in [0.25, 0.3) is 22.4 Å². The van der Waals surface area contributed by atoms with E-state index in [2.05, 4.69) is 20.3 Å². The number of anilines is 2. The van der Waals surface area contributed by atoms with E-state index in [9.17, 15) is 4.79 Å². The van der Waals surface area contributed by atoms with Gasteiger partial charge in [0.2, 0.25) is 5.95 Å². The first-order valence-corrected chi connectivity index (χ1v) is 8.84. The third kappa shape index (κ3) is 3.27. The van der Waals surface area contributed by atoms with Gasteiger partial charge in [0.1, 0.15) is 17.0 Å². The number of fused-ring (bicyclic) bond motifs is 1. The molecule has 0 atom stereocenters. The second-order valence-electron chi connectivity index (χ2n) is 6.06. The summed E-state index contributed by atoms with van der Waals surface area (Å²) >= 11 is 6.23. The molecule has 0 aliphatic carbocycles. The van der Waals surface area contributed by atoms with Gasteiger partial charge in [-0.2, -0.15) is 4.98 Å². The fourth-order valence-electron chi connectivity index (χ4n) is 2.81. The summed E-state index contributed by atoms with van der Waals surface area (Å²) in [5.41, 5.74) is 2.27. The number of rotatable bonds is 4. The Kier molecular flexibility index (Phi) is 4.67. The van der Waals surface area contributed by atoms with Gasteiger partial charge < -0.3 is 10.1 Å². The van der Waals surface area contributed by atoms with Crippen LogP contribution in [0.15, 0.2) is 59.5 Å². The molecular weight excluding hydrogens is 378 g/mol. The molecule has 4 rings (SSSR count). The highest BCUT2D eigenvalue weighted by atomic mass is 35.5. The minimum Gasteiger partial charge on any atom is -0.497 e. The number of ether oxygens (including phenoxy) is 1. The smallest absolute Gasteiger partial charge is 0.278 e. The van der Waals surface area contributed by atoms with Crippen molar-refractivity contribution in [2.24, 2.45) is 7.05 Å². The van der Waals surface area contributed by atoms with Gasteiger partial charge in [0.15, 0.2) is 5.65 Å². The molecule has 0 fully saturated rings. The molecule has 28 heavy (non-hydrogen) atoms. The van der Waals surface area contributed by atoms with Crippen molar-refractivity contribution in [1.82, 2.24) is 19.5 Å². The number of hydrogen-bond donors (Lipinski definition) is 1. The molecule has 0 saturated heterocycles. The van der Waals surface area contributed by atoms with Gasteiger partial charge in [0.05, 0.1) is 18.3 Å². The summed E-state index contributed by atoms with van der Waals surface area (Å²) in [6.45, 7) is 0. The molecule has 0 spiro atoms. The lowest BCUT2D eigenvalue weighted by atomic mass is 10.1. The number of hydrogen-bond acceptors (Lipinski definition) is 6. The maximum atomic E-state index is 12.8. The zero-order valence-electron chi connectivity index (χ0n) is 15.2. The summed E-state index contributed by atoms with van der Waals surface area (Å²) in [7, 11) is 3.26. The highest BCUT2D eigenvalue weighted by Crippen LogP contribution is 2.25. The second-order valence-corrected chi connectivity index (χ2v) is 6.47. The van der Waals surface area contributed by atoms with Gasteiger partial charge in [-0.05, 0) is 30.3 Å². The molecule has 7 nitrogen and oxygen atoms in total. The molecule has 4 aromatic rings. The van der Waals surface area contributed by atoms with E-state index in [1.54, 1.807) is 38.6 Å². The van der Waals surface area contributed by atoms with E-state index in [0.717, 1.165) is 11.4 Å². The quantitative estimate of drug-likeness (QED) is 0.568. The number of methoxy groups -OCH3 is 1. The Balaban J connectivity index is 1.76. The molecule has 0 aliphatic rings. The molecule has 2 heterocycles. The molecule has 140 valence electrons. The Labute approximate surface area is 165 Å². The van der Waals surface area contributed by atoms with Crippen molar-refractivity contribution >= 4 is 34.4 Å². The lowest BCUT2D eigenvalue weighted by Crippen LogP contribution is -2.22. The molecule has 8 heteroatoms. The molecule has 0 saturated carbocycles. The van der Waals surface area contributed by atoms with E-state index in [1.807, 2.05) is 30.3 Å². The maximum absolute atomic E-state index is 12.8. The second kappa shape index (κ2) is 7.28. The van der Waals surface area contributed by atoms with Crippen LogP contribution in [-0.4, -0.2) is 26.6 Å². The van der Waals surface area contributed by atoms with Crippen LogP contribution in [0.4, 0.5) is 11.6 Å². The predicted octanol–water partition coefficient (Wildman–Crippen LogP) is 3.80. The molecular formula is C20H16ClN5O2. The van der Waals surface area contributed by atoms with Crippen molar-refractivity contribution < 1.29 is 4.74 Å². The minimum absolute atomic E-state index is 0.264. The van der Waals surface area contributed by atoms with E-state index in [-0.39, 0.29) is 11.3 Å². The molecule has 2 aromatic carbocycles. The average Bonchev–Trinajstić information content (AvgIpc) is 2.72. The Morgan fingerprint density at radius 1 is 1.07 bits per heavy atom. The maximum Gasteiger partial charge on any atom is 0.278 e. The van der Waals surface area contributed by atoms with Crippen molar-refractivity contribution in [2.45, 2.75) is 0 Å². The number of aromatic nitrogens is 4. The van der Waals surface area contributed by atoms with Gasteiger partial charge in [-0.3, -0.25) is 9.36 Å². The van der Waals surface area contributed by atoms with E-state index >= 15 is 0 Å². The van der Waals surface area contributed by atoms with Crippen LogP contribution in [0.5, 0.6) is 5.75 Å². The molecule has 0 aliphatic heterocycles. The molecule has 2 aromatic heterocycles. The Hall–Kier alpha value is -3.45. The largest absolute Gasteiger partial charge is 0.497 e. The molecule has 0 bridgehead atoms. The van der Waals surface area contributed by atoms with Crippen molar-refractivity contribution in [1.29, 1.82) is 0 Å². The summed E-state index contributed by atoms with van der Waals surface area (Å²) in [6, 6.07) is 14.5.